The van der Waals surface area contributed by atoms with Gasteiger partial charge in [0.1, 0.15) is 12.6 Å². The Bertz CT molecular complexity index is 688. The van der Waals surface area contributed by atoms with Gasteiger partial charge in [-0.05, 0) is 55.2 Å². The minimum Gasteiger partial charge on any atom is -0.345 e. The maximum Gasteiger partial charge on any atom is 0.405 e. The van der Waals surface area contributed by atoms with Gasteiger partial charge in [0.15, 0.2) is 0 Å². The van der Waals surface area contributed by atoms with Gasteiger partial charge in [0.05, 0.1) is 6.42 Å². The lowest BCUT2D eigenvalue weighted by molar-refractivity contribution is -0.144. The van der Waals surface area contributed by atoms with Gasteiger partial charge in [-0.25, -0.2) is 0 Å². The number of aryl methyl sites for hydroxylation is 2. The van der Waals surface area contributed by atoms with E-state index < -0.39 is 24.7 Å². The first-order valence-electron chi connectivity index (χ1n) is 9.08. The highest BCUT2D eigenvalue weighted by Gasteiger charge is 2.36. The van der Waals surface area contributed by atoms with Crippen molar-refractivity contribution in [3.05, 3.63) is 34.9 Å². The van der Waals surface area contributed by atoms with E-state index >= 15 is 0 Å². The first kappa shape index (κ1) is 18.7. The molecule has 1 unspecified atom stereocenters. The molecule has 0 aromatic heterocycles. The lowest BCUT2D eigenvalue weighted by Crippen LogP contribution is -2.48. The van der Waals surface area contributed by atoms with E-state index in [1.54, 1.807) is 0 Å². The summed E-state index contributed by atoms with van der Waals surface area (Å²) in [5, 5.41) is 1.90. The molecule has 142 valence electrons. The number of nitrogens with zero attached hydrogens (tertiary/aromatic N) is 1. The summed E-state index contributed by atoms with van der Waals surface area (Å²) in [6.45, 7) is -0.955. The summed E-state index contributed by atoms with van der Waals surface area (Å²) in [5.74, 6) is -0.927. The zero-order valence-corrected chi connectivity index (χ0v) is 14.6. The molecule has 4 nitrogen and oxygen atoms in total. The quantitative estimate of drug-likeness (QED) is 0.889. The van der Waals surface area contributed by atoms with E-state index in [-0.39, 0.29) is 12.3 Å². The van der Waals surface area contributed by atoms with E-state index in [0.29, 0.717) is 19.4 Å². The van der Waals surface area contributed by atoms with Crippen LogP contribution in [0.1, 0.15) is 42.4 Å². The molecule has 0 radical (unpaired) electrons. The fourth-order valence-corrected chi connectivity index (χ4v) is 3.82. The summed E-state index contributed by atoms with van der Waals surface area (Å²) in [6, 6.07) is 5.26. The van der Waals surface area contributed by atoms with Crippen LogP contribution in [0.3, 0.4) is 0 Å². The third-order valence-electron chi connectivity index (χ3n) is 5.11. The van der Waals surface area contributed by atoms with Crippen LogP contribution < -0.4 is 5.32 Å². The topological polar surface area (TPSA) is 49.4 Å². The molecule has 1 fully saturated rings. The molecule has 0 spiro atoms. The third kappa shape index (κ3) is 4.56. The van der Waals surface area contributed by atoms with Crippen molar-refractivity contribution in [1.82, 2.24) is 10.2 Å². The molecule has 1 aliphatic carbocycles. The number of fused-ring (bicyclic) bond motifs is 1. The summed E-state index contributed by atoms with van der Waals surface area (Å²) in [5.41, 5.74) is 3.51. The highest BCUT2D eigenvalue weighted by atomic mass is 19.4. The zero-order chi connectivity index (χ0) is 18.7. The van der Waals surface area contributed by atoms with Crippen molar-refractivity contribution in [2.24, 2.45) is 0 Å². The molecule has 1 aromatic carbocycles. The standard InChI is InChI=1S/C19H23F3N2O2/c20-19(21,22)12-23-18(26)16-6-3-9-24(16)17(25)11-13-7-8-14-4-1-2-5-15(14)10-13/h7-8,10,16H,1-6,9,11-12H2,(H,23,26). The Labute approximate surface area is 150 Å². The van der Waals surface area contributed by atoms with Gasteiger partial charge in [-0.2, -0.15) is 13.2 Å². The molecule has 3 rings (SSSR count). The fourth-order valence-electron chi connectivity index (χ4n) is 3.82. The van der Waals surface area contributed by atoms with Gasteiger partial charge >= 0.3 is 6.18 Å². The highest BCUT2D eigenvalue weighted by Crippen LogP contribution is 2.24. The predicted molar refractivity (Wildman–Crippen MR) is 90.6 cm³/mol. The van der Waals surface area contributed by atoms with Crippen LogP contribution in [0, 0.1) is 0 Å². The smallest absolute Gasteiger partial charge is 0.345 e. The molecular weight excluding hydrogens is 345 g/mol. The summed E-state index contributed by atoms with van der Waals surface area (Å²) in [4.78, 5) is 26.1. The van der Waals surface area contributed by atoms with Gasteiger partial charge in [-0.15, -0.1) is 0 Å². The van der Waals surface area contributed by atoms with Crippen molar-refractivity contribution >= 4 is 11.8 Å². The second-order valence-electron chi connectivity index (χ2n) is 7.07. The number of carbonyl (C=O) groups excluding carboxylic acids is 2. The van der Waals surface area contributed by atoms with Crippen molar-refractivity contribution in [1.29, 1.82) is 0 Å². The molecule has 0 saturated carbocycles. The van der Waals surface area contributed by atoms with Crippen molar-refractivity contribution in [3.8, 4) is 0 Å². The number of benzene rings is 1. The number of hydrogen-bond acceptors (Lipinski definition) is 2. The summed E-state index contributed by atoms with van der Waals surface area (Å²) >= 11 is 0. The van der Waals surface area contributed by atoms with Crippen molar-refractivity contribution in [2.45, 2.75) is 57.2 Å². The second kappa shape index (κ2) is 7.68. The minimum absolute atomic E-state index is 0.177. The molecule has 26 heavy (non-hydrogen) atoms. The van der Waals surface area contributed by atoms with Gasteiger partial charge < -0.3 is 10.2 Å². The van der Waals surface area contributed by atoms with E-state index in [1.165, 1.54) is 22.4 Å². The Morgan fingerprint density at radius 2 is 1.85 bits per heavy atom. The summed E-state index contributed by atoms with van der Waals surface area (Å²) in [6.07, 6.45) is 1.18. The molecule has 7 heteroatoms. The molecule has 2 amide bonds. The minimum atomic E-state index is -4.45. The number of halogens is 3. The summed E-state index contributed by atoms with van der Waals surface area (Å²) in [7, 11) is 0. The number of alkyl halides is 3. The number of rotatable bonds is 4. The Morgan fingerprint density at radius 1 is 1.12 bits per heavy atom. The Kier molecular flexibility index (Phi) is 5.53. The van der Waals surface area contributed by atoms with E-state index in [9.17, 15) is 22.8 Å². The largest absolute Gasteiger partial charge is 0.405 e. The van der Waals surface area contributed by atoms with Crippen LogP contribution in [0.15, 0.2) is 18.2 Å². The van der Waals surface area contributed by atoms with Gasteiger partial charge in [-0.3, -0.25) is 9.59 Å². The SMILES string of the molecule is O=C(NCC(F)(F)F)C1CCCN1C(=O)Cc1ccc2c(c1)CCCC2. The van der Waals surface area contributed by atoms with Gasteiger partial charge in [0, 0.05) is 6.54 Å². The number of carbonyl (C=O) groups is 2. The van der Waals surface area contributed by atoms with Crippen molar-refractivity contribution < 1.29 is 22.8 Å². The van der Waals surface area contributed by atoms with Crippen LogP contribution in [-0.4, -0.2) is 42.0 Å². The van der Waals surface area contributed by atoms with E-state index in [0.717, 1.165) is 24.8 Å². The number of nitrogens with one attached hydrogen (secondary N) is 1. The highest BCUT2D eigenvalue weighted by molar-refractivity contribution is 5.89. The van der Waals surface area contributed by atoms with E-state index in [4.69, 9.17) is 0 Å². The fraction of sp³-hybridized carbons (Fsp3) is 0.579. The van der Waals surface area contributed by atoms with Gasteiger partial charge in [0.25, 0.3) is 0 Å². The van der Waals surface area contributed by atoms with Crippen LogP contribution >= 0.6 is 0 Å². The average Bonchev–Trinajstić information content (AvgIpc) is 3.09. The molecule has 1 aliphatic heterocycles. The van der Waals surface area contributed by atoms with Crippen LogP contribution in [0.25, 0.3) is 0 Å². The van der Waals surface area contributed by atoms with Crippen LogP contribution in [0.4, 0.5) is 13.2 Å². The molecule has 1 saturated heterocycles. The lowest BCUT2D eigenvalue weighted by atomic mass is 9.90. The maximum atomic E-state index is 12.6. The van der Waals surface area contributed by atoms with Crippen LogP contribution in [-0.2, 0) is 28.9 Å². The normalized spacial score (nSPS) is 20.0. The molecular formula is C19H23F3N2O2. The molecule has 1 N–H and O–H groups in total. The number of amides is 2. The first-order valence-corrected chi connectivity index (χ1v) is 9.08. The molecule has 1 heterocycles. The Hall–Kier alpha value is -2.05. The first-order chi connectivity index (χ1) is 12.3. The van der Waals surface area contributed by atoms with Gasteiger partial charge in [-0.1, -0.05) is 18.2 Å². The lowest BCUT2D eigenvalue weighted by Gasteiger charge is -2.24. The second-order valence-corrected chi connectivity index (χ2v) is 7.07. The zero-order valence-electron chi connectivity index (χ0n) is 14.6. The summed E-state index contributed by atoms with van der Waals surface area (Å²) < 4.78 is 36.9. The Balaban J connectivity index is 1.62. The number of hydrogen-bond donors (Lipinski definition) is 1. The van der Waals surface area contributed by atoms with E-state index in [1.807, 2.05) is 11.4 Å². The van der Waals surface area contributed by atoms with Crippen molar-refractivity contribution in [3.63, 3.8) is 0 Å². The van der Waals surface area contributed by atoms with Crippen LogP contribution in [0.2, 0.25) is 0 Å². The Morgan fingerprint density at radius 3 is 2.58 bits per heavy atom. The predicted octanol–water partition coefficient (Wildman–Crippen LogP) is 2.78. The monoisotopic (exact) mass is 368 g/mol. The van der Waals surface area contributed by atoms with E-state index in [2.05, 4.69) is 12.1 Å². The molecule has 1 aromatic rings. The third-order valence-corrected chi connectivity index (χ3v) is 5.11. The molecule has 1 atom stereocenters. The van der Waals surface area contributed by atoms with Crippen LogP contribution in [0.5, 0.6) is 0 Å². The van der Waals surface area contributed by atoms with Crippen molar-refractivity contribution in [2.75, 3.05) is 13.1 Å². The maximum absolute atomic E-state index is 12.6. The average molecular weight is 368 g/mol. The van der Waals surface area contributed by atoms with Gasteiger partial charge in [0.2, 0.25) is 11.8 Å². The molecule has 0 bridgehead atoms. The molecule has 2 aliphatic rings. The number of likely N-dealkylation sites (tertiary alicyclic amines) is 1.